The third-order valence-corrected chi connectivity index (χ3v) is 6.70. The zero-order valence-corrected chi connectivity index (χ0v) is 15.6. The number of piperidine rings is 1. The maximum absolute atomic E-state index is 12.3. The highest BCUT2D eigenvalue weighted by Crippen LogP contribution is 2.25. The average Bonchev–Trinajstić information content (AvgIpc) is 3.04. The lowest BCUT2D eigenvalue weighted by atomic mass is 9.96. The molecular formula is C18H25N3O3S. The van der Waals surface area contributed by atoms with E-state index in [1.54, 1.807) is 4.31 Å². The molecule has 1 aromatic carbocycles. The van der Waals surface area contributed by atoms with E-state index in [0.717, 1.165) is 24.0 Å². The molecule has 1 fully saturated rings. The lowest BCUT2D eigenvalue weighted by molar-refractivity contribution is 0.247. The topological polar surface area (TPSA) is 76.3 Å². The molecule has 2 aromatic rings. The van der Waals surface area contributed by atoms with Gasteiger partial charge in [-0.2, -0.15) is 4.98 Å². The van der Waals surface area contributed by atoms with Crippen molar-refractivity contribution in [3.05, 3.63) is 35.7 Å². The van der Waals surface area contributed by atoms with Crippen molar-refractivity contribution in [2.75, 3.05) is 18.8 Å². The number of aryl methyl sites for hydroxylation is 1. The summed E-state index contributed by atoms with van der Waals surface area (Å²) >= 11 is 0. The molecule has 0 amide bonds. The normalized spacial score (nSPS) is 19.2. The van der Waals surface area contributed by atoms with Gasteiger partial charge in [0.15, 0.2) is 0 Å². The van der Waals surface area contributed by atoms with Crippen LogP contribution >= 0.6 is 0 Å². The number of hydrogen-bond acceptors (Lipinski definition) is 5. The van der Waals surface area contributed by atoms with Gasteiger partial charge < -0.3 is 4.52 Å². The third kappa shape index (κ3) is 4.27. The minimum atomic E-state index is -3.14. The molecule has 1 aliphatic rings. The fraction of sp³-hybridized carbons (Fsp3) is 0.556. The predicted molar refractivity (Wildman–Crippen MR) is 96.5 cm³/mol. The Morgan fingerprint density at radius 1 is 1.32 bits per heavy atom. The van der Waals surface area contributed by atoms with E-state index in [4.69, 9.17) is 4.52 Å². The highest BCUT2D eigenvalue weighted by Gasteiger charge is 2.29. The Morgan fingerprint density at radius 3 is 2.88 bits per heavy atom. The van der Waals surface area contributed by atoms with Crippen molar-refractivity contribution in [2.24, 2.45) is 5.92 Å². The van der Waals surface area contributed by atoms with E-state index >= 15 is 0 Å². The van der Waals surface area contributed by atoms with E-state index in [2.05, 4.69) is 10.1 Å². The first kappa shape index (κ1) is 18.1. The molecule has 0 radical (unpaired) electrons. The van der Waals surface area contributed by atoms with Crippen LogP contribution < -0.4 is 0 Å². The Kier molecular flexibility index (Phi) is 5.54. The minimum Gasteiger partial charge on any atom is -0.339 e. The van der Waals surface area contributed by atoms with Crippen LogP contribution in [0.2, 0.25) is 0 Å². The Labute approximate surface area is 149 Å². The van der Waals surface area contributed by atoms with Crippen molar-refractivity contribution in [2.45, 2.75) is 39.5 Å². The summed E-state index contributed by atoms with van der Waals surface area (Å²) in [6.45, 7) is 5.08. The Bertz CT molecular complexity index is 816. The lowest BCUT2D eigenvalue weighted by Crippen LogP contribution is -2.41. The van der Waals surface area contributed by atoms with Gasteiger partial charge in [0, 0.05) is 25.1 Å². The molecular weight excluding hydrogens is 338 g/mol. The maximum Gasteiger partial charge on any atom is 0.227 e. The van der Waals surface area contributed by atoms with Crippen LogP contribution in [-0.2, 0) is 16.4 Å². The van der Waals surface area contributed by atoms with Gasteiger partial charge in [-0.25, -0.2) is 12.7 Å². The van der Waals surface area contributed by atoms with E-state index in [9.17, 15) is 8.42 Å². The lowest BCUT2D eigenvalue weighted by Gasteiger charge is -2.31. The third-order valence-electron chi connectivity index (χ3n) is 4.65. The number of sulfonamides is 1. The van der Waals surface area contributed by atoms with Gasteiger partial charge in [-0.05, 0) is 37.7 Å². The van der Waals surface area contributed by atoms with Crippen molar-refractivity contribution >= 4 is 10.0 Å². The SMILES string of the molecule is CCCS(=O)(=O)N1CCCC(Cc2nc(-c3ccccc3C)no2)C1. The number of rotatable bonds is 6. The Balaban J connectivity index is 1.68. The predicted octanol–water partition coefficient (Wildman–Crippen LogP) is 3.04. The van der Waals surface area contributed by atoms with Crippen LogP contribution in [0.4, 0.5) is 0 Å². The molecule has 1 aromatic heterocycles. The second-order valence-corrected chi connectivity index (χ2v) is 8.80. The summed E-state index contributed by atoms with van der Waals surface area (Å²) in [4.78, 5) is 4.51. The molecule has 0 spiro atoms. The van der Waals surface area contributed by atoms with Crippen LogP contribution in [0.5, 0.6) is 0 Å². The van der Waals surface area contributed by atoms with Gasteiger partial charge in [0.2, 0.25) is 21.7 Å². The van der Waals surface area contributed by atoms with Crippen LogP contribution in [0.25, 0.3) is 11.4 Å². The fourth-order valence-electron chi connectivity index (χ4n) is 3.35. The minimum absolute atomic E-state index is 0.220. The molecule has 2 heterocycles. The van der Waals surface area contributed by atoms with Crippen LogP contribution in [0.3, 0.4) is 0 Å². The van der Waals surface area contributed by atoms with E-state index in [1.807, 2.05) is 38.1 Å². The summed E-state index contributed by atoms with van der Waals surface area (Å²) in [7, 11) is -3.14. The van der Waals surface area contributed by atoms with Crippen molar-refractivity contribution in [1.82, 2.24) is 14.4 Å². The highest BCUT2D eigenvalue weighted by molar-refractivity contribution is 7.89. The zero-order valence-electron chi connectivity index (χ0n) is 14.8. The van der Waals surface area contributed by atoms with Crippen molar-refractivity contribution < 1.29 is 12.9 Å². The van der Waals surface area contributed by atoms with Crippen LogP contribution in [0, 0.1) is 12.8 Å². The van der Waals surface area contributed by atoms with E-state index in [0.29, 0.717) is 37.6 Å². The first-order valence-corrected chi connectivity index (χ1v) is 10.5. The molecule has 1 aliphatic heterocycles. The van der Waals surface area contributed by atoms with Crippen molar-refractivity contribution in [1.29, 1.82) is 0 Å². The maximum atomic E-state index is 12.3. The molecule has 7 heteroatoms. The number of aromatic nitrogens is 2. The first-order chi connectivity index (χ1) is 12.0. The standard InChI is InChI=1S/C18H25N3O3S/c1-3-11-25(22,23)21-10-6-8-15(13-21)12-17-19-18(20-24-17)16-9-5-4-7-14(16)2/h4-5,7,9,15H,3,6,8,10-13H2,1-2H3. The Morgan fingerprint density at radius 2 is 2.12 bits per heavy atom. The molecule has 136 valence electrons. The number of nitrogens with zero attached hydrogens (tertiary/aromatic N) is 3. The molecule has 1 atom stereocenters. The van der Waals surface area contributed by atoms with Gasteiger partial charge >= 0.3 is 0 Å². The van der Waals surface area contributed by atoms with Gasteiger partial charge in [-0.3, -0.25) is 0 Å². The van der Waals surface area contributed by atoms with Gasteiger partial charge in [-0.15, -0.1) is 0 Å². The summed E-state index contributed by atoms with van der Waals surface area (Å²) < 4.78 is 31.6. The number of hydrogen-bond donors (Lipinski definition) is 0. The van der Waals surface area contributed by atoms with Gasteiger partial charge in [0.1, 0.15) is 0 Å². The van der Waals surface area contributed by atoms with Gasteiger partial charge in [0.05, 0.1) is 5.75 Å². The highest BCUT2D eigenvalue weighted by atomic mass is 32.2. The van der Waals surface area contributed by atoms with Crippen molar-refractivity contribution in [3.63, 3.8) is 0 Å². The molecule has 0 saturated carbocycles. The molecule has 0 N–H and O–H groups in total. The van der Waals surface area contributed by atoms with E-state index in [1.165, 1.54) is 0 Å². The van der Waals surface area contributed by atoms with Crippen LogP contribution in [0.1, 0.15) is 37.6 Å². The first-order valence-electron chi connectivity index (χ1n) is 8.86. The van der Waals surface area contributed by atoms with Crippen LogP contribution in [-0.4, -0.2) is 41.7 Å². The summed E-state index contributed by atoms with van der Waals surface area (Å²) in [5.74, 6) is 1.63. The average molecular weight is 363 g/mol. The summed E-state index contributed by atoms with van der Waals surface area (Å²) in [6.07, 6.45) is 3.14. The largest absolute Gasteiger partial charge is 0.339 e. The summed E-state index contributed by atoms with van der Waals surface area (Å²) in [5.41, 5.74) is 2.07. The number of benzene rings is 1. The Hall–Kier alpha value is -1.73. The van der Waals surface area contributed by atoms with E-state index < -0.39 is 10.0 Å². The molecule has 3 rings (SSSR count). The quantitative estimate of drug-likeness (QED) is 0.788. The summed E-state index contributed by atoms with van der Waals surface area (Å²) in [6, 6.07) is 7.93. The molecule has 25 heavy (non-hydrogen) atoms. The molecule has 0 aliphatic carbocycles. The smallest absolute Gasteiger partial charge is 0.227 e. The fourth-order valence-corrected chi connectivity index (χ4v) is 4.97. The molecule has 1 unspecified atom stereocenters. The second kappa shape index (κ2) is 7.66. The van der Waals surface area contributed by atoms with E-state index in [-0.39, 0.29) is 11.7 Å². The molecule has 6 nitrogen and oxygen atoms in total. The van der Waals surface area contributed by atoms with Gasteiger partial charge in [0.25, 0.3) is 0 Å². The summed E-state index contributed by atoms with van der Waals surface area (Å²) in [5, 5.41) is 4.09. The molecule has 1 saturated heterocycles. The molecule has 0 bridgehead atoms. The zero-order chi connectivity index (χ0) is 17.9. The van der Waals surface area contributed by atoms with Crippen molar-refractivity contribution in [3.8, 4) is 11.4 Å². The second-order valence-electron chi connectivity index (χ2n) is 6.71. The van der Waals surface area contributed by atoms with Gasteiger partial charge in [-0.1, -0.05) is 36.3 Å². The van der Waals surface area contributed by atoms with Crippen LogP contribution in [0.15, 0.2) is 28.8 Å². The monoisotopic (exact) mass is 363 g/mol.